The molecule has 4 heteroatoms. The molecule has 16 heavy (non-hydrogen) atoms. The monoisotopic (exact) mass is 225 g/mol. The molecule has 0 spiro atoms. The van der Waals surface area contributed by atoms with Crippen molar-refractivity contribution >= 4 is 11.7 Å². The van der Waals surface area contributed by atoms with Crippen molar-refractivity contribution < 1.29 is 13.9 Å². The molecule has 1 aromatic carbocycles. The van der Waals surface area contributed by atoms with Crippen molar-refractivity contribution in [3.8, 4) is 0 Å². The number of carbonyl (C=O) groups excluding carboxylic acids is 1. The van der Waals surface area contributed by atoms with Crippen LogP contribution in [0.4, 0.5) is 10.1 Å². The molecule has 0 saturated carbocycles. The molecular weight excluding hydrogens is 209 g/mol. The maximum Gasteiger partial charge on any atom is 0.310 e. The minimum atomic E-state index is -0.266. The largest absolute Gasteiger partial charge is 0.469 e. The van der Waals surface area contributed by atoms with Crippen LogP contribution in [0.1, 0.15) is 6.92 Å². The third-order valence-corrected chi connectivity index (χ3v) is 2.42. The molecule has 3 nitrogen and oxygen atoms in total. The number of carbonyl (C=O) groups is 1. The average Bonchev–Trinajstić information content (AvgIpc) is 2.28. The summed E-state index contributed by atoms with van der Waals surface area (Å²) in [6.45, 7) is 2.34. The lowest BCUT2D eigenvalue weighted by atomic mass is 10.1. The third-order valence-electron chi connectivity index (χ3n) is 2.42. The van der Waals surface area contributed by atoms with Crippen molar-refractivity contribution in [2.24, 2.45) is 5.92 Å². The second kappa shape index (κ2) is 5.49. The van der Waals surface area contributed by atoms with Crippen LogP contribution in [0, 0.1) is 11.7 Å². The zero-order valence-electron chi connectivity index (χ0n) is 9.74. The van der Waals surface area contributed by atoms with E-state index in [1.807, 2.05) is 11.9 Å². The van der Waals surface area contributed by atoms with Gasteiger partial charge < -0.3 is 9.64 Å². The minimum absolute atomic E-state index is 0.208. The van der Waals surface area contributed by atoms with Crippen LogP contribution in [0.5, 0.6) is 0 Å². The van der Waals surface area contributed by atoms with Gasteiger partial charge in [0.05, 0.1) is 13.0 Å². The Morgan fingerprint density at radius 1 is 1.44 bits per heavy atom. The first kappa shape index (κ1) is 12.5. The smallest absolute Gasteiger partial charge is 0.310 e. The van der Waals surface area contributed by atoms with Gasteiger partial charge in [-0.2, -0.15) is 0 Å². The molecular formula is C12H16FNO2. The van der Waals surface area contributed by atoms with E-state index in [0.29, 0.717) is 6.54 Å². The van der Waals surface area contributed by atoms with Gasteiger partial charge in [0.15, 0.2) is 0 Å². The van der Waals surface area contributed by atoms with Crippen molar-refractivity contribution in [2.75, 3.05) is 25.6 Å². The lowest BCUT2D eigenvalue weighted by Crippen LogP contribution is -2.29. The van der Waals surface area contributed by atoms with Crippen LogP contribution >= 0.6 is 0 Å². The standard InChI is InChI=1S/C12H16FNO2/c1-9(12(15)16-3)8-14(2)11-6-4-10(13)5-7-11/h4-7,9H,8H2,1-3H3. The summed E-state index contributed by atoms with van der Waals surface area (Å²) < 4.78 is 17.3. The highest BCUT2D eigenvalue weighted by molar-refractivity contribution is 5.72. The molecule has 0 amide bonds. The number of esters is 1. The fraction of sp³-hybridized carbons (Fsp3) is 0.417. The third kappa shape index (κ3) is 3.22. The first-order chi connectivity index (χ1) is 7.54. The maximum atomic E-state index is 12.7. The van der Waals surface area contributed by atoms with Gasteiger partial charge in [0.1, 0.15) is 5.82 Å². The molecule has 0 bridgehead atoms. The zero-order valence-corrected chi connectivity index (χ0v) is 9.74. The molecule has 88 valence electrons. The first-order valence-electron chi connectivity index (χ1n) is 5.09. The summed E-state index contributed by atoms with van der Waals surface area (Å²) in [6.07, 6.45) is 0. The summed E-state index contributed by atoms with van der Waals surface area (Å²) in [7, 11) is 3.23. The van der Waals surface area contributed by atoms with Gasteiger partial charge in [0.25, 0.3) is 0 Å². The second-order valence-corrected chi connectivity index (χ2v) is 3.78. The lowest BCUT2D eigenvalue weighted by Gasteiger charge is -2.22. The number of anilines is 1. The van der Waals surface area contributed by atoms with Crippen molar-refractivity contribution in [2.45, 2.75) is 6.92 Å². The molecule has 0 radical (unpaired) electrons. The van der Waals surface area contributed by atoms with E-state index < -0.39 is 0 Å². The van der Waals surface area contributed by atoms with Gasteiger partial charge in [-0.3, -0.25) is 4.79 Å². The van der Waals surface area contributed by atoms with E-state index in [1.54, 1.807) is 19.1 Å². The number of hydrogen-bond donors (Lipinski definition) is 0. The molecule has 1 rings (SSSR count). The van der Waals surface area contributed by atoms with Gasteiger partial charge in [-0.25, -0.2) is 4.39 Å². The van der Waals surface area contributed by atoms with E-state index in [1.165, 1.54) is 19.2 Å². The summed E-state index contributed by atoms with van der Waals surface area (Å²) in [5, 5.41) is 0. The summed E-state index contributed by atoms with van der Waals surface area (Å²) in [5.74, 6) is -0.716. The predicted octanol–water partition coefficient (Wildman–Crippen LogP) is 2.07. The van der Waals surface area contributed by atoms with Crippen LogP contribution in [0.15, 0.2) is 24.3 Å². The van der Waals surface area contributed by atoms with Gasteiger partial charge in [-0.15, -0.1) is 0 Å². The Kier molecular flexibility index (Phi) is 4.28. The molecule has 1 aromatic rings. The normalized spacial score (nSPS) is 12.0. The van der Waals surface area contributed by atoms with Crippen molar-refractivity contribution in [1.82, 2.24) is 0 Å². The number of hydrogen-bond acceptors (Lipinski definition) is 3. The molecule has 0 aliphatic rings. The van der Waals surface area contributed by atoms with E-state index in [2.05, 4.69) is 4.74 Å². The molecule has 1 atom stereocenters. The maximum absolute atomic E-state index is 12.7. The second-order valence-electron chi connectivity index (χ2n) is 3.78. The van der Waals surface area contributed by atoms with E-state index in [4.69, 9.17) is 0 Å². The Morgan fingerprint density at radius 2 is 2.00 bits per heavy atom. The van der Waals surface area contributed by atoms with Gasteiger partial charge in [-0.05, 0) is 24.3 Å². The molecule has 0 aliphatic carbocycles. The summed E-state index contributed by atoms with van der Waals surface area (Å²) in [5.41, 5.74) is 0.872. The summed E-state index contributed by atoms with van der Waals surface area (Å²) in [4.78, 5) is 13.1. The molecule has 0 heterocycles. The van der Waals surface area contributed by atoms with Crippen molar-refractivity contribution in [3.63, 3.8) is 0 Å². The average molecular weight is 225 g/mol. The van der Waals surface area contributed by atoms with Crippen LogP contribution in [0.2, 0.25) is 0 Å². The summed E-state index contributed by atoms with van der Waals surface area (Å²) >= 11 is 0. The van der Waals surface area contributed by atoms with E-state index in [9.17, 15) is 9.18 Å². The fourth-order valence-corrected chi connectivity index (χ4v) is 1.49. The van der Waals surface area contributed by atoms with Crippen molar-refractivity contribution in [3.05, 3.63) is 30.1 Å². The number of benzene rings is 1. The first-order valence-corrected chi connectivity index (χ1v) is 5.09. The van der Waals surface area contributed by atoms with Crippen LogP contribution in [0.25, 0.3) is 0 Å². The minimum Gasteiger partial charge on any atom is -0.469 e. The van der Waals surface area contributed by atoms with Gasteiger partial charge in [-0.1, -0.05) is 6.92 Å². The van der Waals surface area contributed by atoms with E-state index in [-0.39, 0.29) is 17.7 Å². The fourth-order valence-electron chi connectivity index (χ4n) is 1.49. The van der Waals surface area contributed by atoms with Crippen LogP contribution in [-0.4, -0.2) is 26.7 Å². The van der Waals surface area contributed by atoms with E-state index >= 15 is 0 Å². The quantitative estimate of drug-likeness (QED) is 0.735. The van der Waals surface area contributed by atoms with Gasteiger partial charge in [0.2, 0.25) is 0 Å². The zero-order chi connectivity index (χ0) is 12.1. The number of rotatable bonds is 4. The molecule has 0 aromatic heterocycles. The van der Waals surface area contributed by atoms with Crippen LogP contribution in [-0.2, 0) is 9.53 Å². The molecule has 0 N–H and O–H groups in total. The van der Waals surface area contributed by atoms with Gasteiger partial charge in [0, 0.05) is 19.3 Å². The topological polar surface area (TPSA) is 29.5 Å². The Hall–Kier alpha value is -1.58. The molecule has 1 unspecified atom stereocenters. The predicted molar refractivity (Wildman–Crippen MR) is 60.9 cm³/mol. The highest BCUT2D eigenvalue weighted by atomic mass is 19.1. The SMILES string of the molecule is COC(=O)C(C)CN(C)c1ccc(F)cc1. The summed E-state index contributed by atoms with van der Waals surface area (Å²) in [6, 6.07) is 6.15. The highest BCUT2D eigenvalue weighted by Crippen LogP contribution is 2.14. The Morgan fingerprint density at radius 3 is 2.50 bits per heavy atom. The van der Waals surface area contributed by atoms with Gasteiger partial charge >= 0.3 is 5.97 Å². The number of halogens is 1. The Labute approximate surface area is 94.8 Å². The number of nitrogens with zero attached hydrogens (tertiary/aromatic N) is 1. The molecule has 0 fully saturated rings. The molecule has 0 saturated heterocycles. The van der Waals surface area contributed by atoms with Crippen molar-refractivity contribution in [1.29, 1.82) is 0 Å². The molecule has 0 aliphatic heterocycles. The van der Waals surface area contributed by atoms with E-state index in [0.717, 1.165) is 5.69 Å². The Bertz CT molecular complexity index is 351. The number of methoxy groups -OCH3 is 1. The van der Waals surface area contributed by atoms with Crippen LogP contribution in [0.3, 0.4) is 0 Å². The lowest BCUT2D eigenvalue weighted by molar-refractivity contribution is -0.144. The number of ether oxygens (including phenoxy) is 1. The van der Waals surface area contributed by atoms with Crippen LogP contribution < -0.4 is 4.90 Å². The highest BCUT2D eigenvalue weighted by Gasteiger charge is 2.15. The Balaban J connectivity index is 2.61.